The second-order valence-corrected chi connectivity index (χ2v) is 10.1. The van der Waals surface area contributed by atoms with Crippen LogP contribution in [0.2, 0.25) is 0 Å². The molecule has 0 atom stereocenters. The molecule has 184 valence electrons. The molecule has 1 saturated heterocycles. The predicted molar refractivity (Wildman–Crippen MR) is 141 cm³/mol. The number of aromatic nitrogens is 1. The van der Waals surface area contributed by atoms with Gasteiger partial charge in [0.1, 0.15) is 6.54 Å². The molecule has 0 N–H and O–H groups in total. The maximum Gasteiger partial charge on any atom is 0.262 e. The lowest BCUT2D eigenvalue weighted by molar-refractivity contribution is -0.119. The van der Waals surface area contributed by atoms with Gasteiger partial charge < -0.3 is 4.74 Å². The highest BCUT2D eigenvalue weighted by Crippen LogP contribution is 2.31. The highest BCUT2D eigenvalue weighted by molar-refractivity contribution is 9.10. The number of halogens is 2. The quantitative estimate of drug-likeness (QED) is 0.396. The monoisotopic (exact) mass is 578 g/mol. The predicted octanol–water partition coefficient (Wildman–Crippen LogP) is 3.83. The molecule has 0 unspecified atom stereocenters. The Hall–Kier alpha value is -2.37. The van der Waals surface area contributed by atoms with Crippen LogP contribution in [0.1, 0.15) is 27.1 Å². The molecule has 0 saturated carbocycles. The summed E-state index contributed by atoms with van der Waals surface area (Å²) in [6, 6.07) is 12.4. The Morgan fingerprint density at radius 1 is 1.09 bits per heavy atom. The van der Waals surface area contributed by atoms with Crippen molar-refractivity contribution >= 4 is 72.7 Å². The highest BCUT2D eigenvalue weighted by Gasteiger charge is 2.37. The van der Waals surface area contributed by atoms with Gasteiger partial charge in [-0.05, 0) is 36.8 Å². The Bertz CT molecular complexity index is 1230. The van der Waals surface area contributed by atoms with Gasteiger partial charge in [0.15, 0.2) is 5.13 Å². The number of carbonyl (C=O) groups excluding carboxylic acids is 3. The molecule has 8 nitrogen and oxygen atoms in total. The lowest BCUT2D eigenvalue weighted by atomic mass is 10.1. The van der Waals surface area contributed by atoms with E-state index in [1.165, 1.54) is 11.3 Å². The van der Waals surface area contributed by atoms with E-state index in [2.05, 4.69) is 25.8 Å². The van der Waals surface area contributed by atoms with E-state index < -0.39 is 11.8 Å². The maximum absolute atomic E-state index is 13.5. The summed E-state index contributed by atoms with van der Waals surface area (Å²) in [5.74, 6) is -1.19. The summed E-state index contributed by atoms with van der Waals surface area (Å²) in [6.45, 7) is 4.14. The first-order valence-electron chi connectivity index (χ1n) is 11.1. The van der Waals surface area contributed by atoms with E-state index in [9.17, 15) is 14.4 Å². The molecular formula is C24H24BrClN4O4S. The summed E-state index contributed by atoms with van der Waals surface area (Å²) < 4.78 is 7.30. The topological polar surface area (TPSA) is 83.1 Å². The van der Waals surface area contributed by atoms with Crippen LogP contribution in [0.4, 0.5) is 5.13 Å². The van der Waals surface area contributed by atoms with Gasteiger partial charge in [-0.2, -0.15) is 0 Å². The molecule has 2 aliphatic rings. The number of imide groups is 1. The Morgan fingerprint density at radius 2 is 1.77 bits per heavy atom. The number of fused-ring (bicyclic) bond motifs is 2. The average molecular weight is 580 g/mol. The summed E-state index contributed by atoms with van der Waals surface area (Å²) >= 11 is 4.90. The van der Waals surface area contributed by atoms with Crippen molar-refractivity contribution in [1.29, 1.82) is 0 Å². The first-order valence-corrected chi connectivity index (χ1v) is 12.7. The van der Waals surface area contributed by atoms with Crippen LogP contribution in [0.5, 0.6) is 0 Å². The number of morpholine rings is 1. The molecular weight excluding hydrogens is 556 g/mol. The first-order chi connectivity index (χ1) is 16.5. The second-order valence-electron chi connectivity index (χ2n) is 8.20. The zero-order valence-electron chi connectivity index (χ0n) is 18.8. The molecule has 35 heavy (non-hydrogen) atoms. The fourth-order valence-electron chi connectivity index (χ4n) is 4.21. The highest BCUT2D eigenvalue weighted by atomic mass is 79.9. The summed E-state index contributed by atoms with van der Waals surface area (Å²) in [5.41, 5.74) is 1.47. The fraction of sp³-hybridized carbons (Fsp3) is 0.333. The van der Waals surface area contributed by atoms with Crippen LogP contribution in [0.3, 0.4) is 0 Å². The van der Waals surface area contributed by atoms with E-state index in [-0.39, 0.29) is 24.9 Å². The third-order valence-corrected chi connectivity index (χ3v) is 7.54. The number of thiazole rings is 1. The zero-order chi connectivity index (χ0) is 23.7. The van der Waals surface area contributed by atoms with Crippen molar-refractivity contribution in [2.24, 2.45) is 0 Å². The minimum atomic E-state index is -0.435. The van der Waals surface area contributed by atoms with Crippen molar-refractivity contribution in [3.63, 3.8) is 0 Å². The van der Waals surface area contributed by atoms with Crippen LogP contribution in [-0.2, 0) is 9.53 Å². The molecule has 0 aliphatic carbocycles. The van der Waals surface area contributed by atoms with Crippen LogP contribution in [0.15, 0.2) is 46.9 Å². The van der Waals surface area contributed by atoms with Gasteiger partial charge in [0.05, 0.1) is 34.6 Å². The molecule has 11 heteroatoms. The summed E-state index contributed by atoms with van der Waals surface area (Å²) in [4.78, 5) is 48.7. The molecule has 0 spiro atoms. The van der Waals surface area contributed by atoms with Crippen molar-refractivity contribution < 1.29 is 19.1 Å². The number of anilines is 1. The largest absolute Gasteiger partial charge is 0.379 e. The van der Waals surface area contributed by atoms with E-state index in [0.717, 1.165) is 58.9 Å². The summed E-state index contributed by atoms with van der Waals surface area (Å²) in [5, 5.41) is 0.566. The number of ether oxygens (including phenoxy) is 1. The third-order valence-electron chi connectivity index (χ3n) is 6.00. The van der Waals surface area contributed by atoms with Crippen molar-refractivity contribution in [2.45, 2.75) is 6.42 Å². The van der Waals surface area contributed by atoms with E-state index in [1.54, 1.807) is 29.2 Å². The average Bonchev–Trinajstić information content (AvgIpc) is 3.37. The molecule has 2 aromatic carbocycles. The van der Waals surface area contributed by atoms with Gasteiger partial charge in [0, 0.05) is 30.7 Å². The Kier molecular flexibility index (Phi) is 8.18. The molecule has 3 aromatic rings. The summed E-state index contributed by atoms with van der Waals surface area (Å²) in [7, 11) is 0. The van der Waals surface area contributed by atoms with Gasteiger partial charge in [0.25, 0.3) is 11.8 Å². The summed E-state index contributed by atoms with van der Waals surface area (Å²) in [6.07, 6.45) is 0.744. The number of carbonyl (C=O) groups is 3. The fourth-order valence-corrected chi connectivity index (χ4v) is 5.77. The Labute approximate surface area is 221 Å². The van der Waals surface area contributed by atoms with Gasteiger partial charge >= 0.3 is 0 Å². The van der Waals surface area contributed by atoms with Gasteiger partial charge in [-0.25, -0.2) is 4.98 Å². The standard InChI is InChI=1S/C24H23BrN4O4S.ClH/c25-16-6-7-19-20(14-16)34-24(26-19)28(9-3-8-27-10-12-33-13-11-27)21(30)15-29-22(31)17-4-1-2-5-18(17)23(29)32;/h1-2,4-7,14H,3,8-13,15H2;1H. The van der Waals surface area contributed by atoms with Crippen LogP contribution in [0, 0.1) is 0 Å². The van der Waals surface area contributed by atoms with Gasteiger partial charge in [-0.3, -0.25) is 29.1 Å². The Morgan fingerprint density at radius 3 is 2.46 bits per heavy atom. The lowest BCUT2D eigenvalue weighted by Gasteiger charge is -2.28. The lowest BCUT2D eigenvalue weighted by Crippen LogP contribution is -2.44. The molecule has 3 heterocycles. The van der Waals surface area contributed by atoms with Crippen LogP contribution < -0.4 is 4.90 Å². The number of benzene rings is 2. The molecule has 5 rings (SSSR count). The molecule has 3 amide bonds. The van der Waals surface area contributed by atoms with E-state index >= 15 is 0 Å². The van der Waals surface area contributed by atoms with Crippen molar-refractivity contribution in [1.82, 2.24) is 14.8 Å². The van der Waals surface area contributed by atoms with Gasteiger partial charge in [-0.15, -0.1) is 12.4 Å². The number of amides is 3. The smallest absolute Gasteiger partial charge is 0.262 e. The normalized spacial score (nSPS) is 15.9. The number of rotatable bonds is 7. The second kappa shape index (κ2) is 11.1. The molecule has 0 bridgehead atoms. The zero-order valence-corrected chi connectivity index (χ0v) is 22.0. The van der Waals surface area contributed by atoms with E-state index in [1.807, 2.05) is 18.2 Å². The van der Waals surface area contributed by atoms with Crippen molar-refractivity contribution in [3.8, 4) is 0 Å². The third kappa shape index (κ3) is 5.41. The van der Waals surface area contributed by atoms with E-state index in [4.69, 9.17) is 4.74 Å². The van der Waals surface area contributed by atoms with Crippen LogP contribution in [-0.4, -0.2) is 78.4 Å². The molecule has 1 aromatic heterocycles. The number of hydrogen-bond acceptors (Lipinski definition) is 7. The minimum Gasteiger partial charge on any atom is -0.379 e. The van der Waals surface area contributed by atoms with E-state index in [0.29, 0.717) is 22.8 Å². The van der Waals surface area contributed by atoms with Crippen molar-refractivity contribution in [3.05, 3.63) is 58.1 Å². The van der Waals surface area contributed by atoms with Crippen LogP contribution in [0.25, 0.3) is 10.2 Å². The van der Waals surface area contributed by atoms with Gasteiger partial charge in [-0.1, -0.05) is 39.4 Å². The number of nitrogens with zero attached hydrogens (tertiary/aromatic N) is 4. The van der Waals surface area contributed by atoms with Crippen LogP contribution >= 0.6 is 39.7 Å². The maximum atomic E-state index is 13.5. The molecule has 1 fully saturated rings. The van der Waals surface area contributed by atoms with Gasteiger partial charge in [0.2, 0.25) is 5.91 Å². The minimum absolute atomic E-state index is 0. The Balaban J connectivity index is 0.00000289. The number of hydrogen-bond donors (Lipinski definition) is 0. The molecule has 2 aliphatic heterocycles. The SMILES string of the molecule is Cl.O=C1c2ccccc2C(=O)N1CC(=O)N(CCCN1CCOCC1)c1nc2ccc(Br)cc2s1. The molecule has 0 radical (unpaired) electrons. The van der Waals surface area contributed by atoms with Crippen molar-refractivity contribution in [2.75, 3.05) is 50.8 Å². The first kappa shape index (κ1) is 25.7.